The van der Waals surface area contributed by atoms with Gasteiger partial charge in [-0.3, -0.25) is 4.79 Å². The second-order valence-electron chi connectivity index (χ2n) is 13.7. The second-order valence-corrected chi connectivity index (χ2v) is 14.0. The molecule has 0 spiro atoms. The van der Waals surface area contributed by atoms with E-state index in [4.69, 9.17) is 30.5 Å². The summed E-state index contributed by atoms with van der Waals surface area (Å²) in [6.45, 7) is 13.6. The van der Waals surface area contributed by atoms with Gasteiger partial charge in [0.05, 0.1) is 31.3 Å². The molecule has 2 heterocycles. The third-order valence-corrected chi connectivity index (χ3v) is 8.61. The van der Waals surface area contributed by atoms with E-state index in [1.807, 2.05) is 41.5 Å². The van der Waals surface area contributed by atoms with Crippen molar-refractivity contribution >= 4 is 40.6 Å². The highest BCUT2D eigenvalue weighted by atomic mass is 35.5. The Balaban J connectivity index is 1.57. The summed E-state index contributed by atoms with van der Waals surface area (Å²) in [6, 6.07) is 3.29. The Morgan fingerprint density at radius 1 is 1.13 bits per heavy atom. The molecule has 11 nitrogen and oxygen atoms in total. The number of rotatable bonds is 12. The summed E-state index contributed by atoms with van der Waals surface area (Å²) in [6.07, 6.45) is 2.58. The minimum absolute atomic E-state index is 0.0423. The molecule has 12 heteroatoms. The molecule has 1 saturated heterocycles. The fraction of sp³-hybridized carbons (Fsp3) is 0.667. The number of methoxy groups -OCH3 is 1. The molecule has 0 bridgehead atoms. The van der Waals surface area contributed by atoms with Gasteiger partial charge in [0.1, 0.15) is 30.0 Å². The average molecular weight is 647 g/mol. The van der Waals surface area contributed by atoms with Crippen molar-refractivity contribution in [1.29, 1.82) is 0 Å². The van der Waals surface area contributed by atoms with Gasteiger partial charge in [-0.05, 0) is 42.2 Å². The number of fused-ring (bicyclic) bond motifs is 1. The van der Waals surface area contributed by atoms with Crippen LogP contribution in [0.2, 0.25) is 5.15 Å². The number of amides is 2. The second kappa shape index (κ2) is 14.4. The van der Waals surface area contributed by atoms with Gasteiger partial charge in [-0.25, -0.2) is 19.6 Å². The number of nitrogens with zero attached hydrogens (tertiary/aromatic N) is 3. The topological polar surface area (TPSA) is 129 Å². The number of carbonyl (C=O) groups is 3. The van der Waals surface area contributed by atoms with E-state index in [1.165, 1.54) is 4.90 Å². The van der Waals surface area contributed by atoms with Crippen LogP contribution in [0.4, 0.5) is 4.79 Å². The van der Waals surface area contributed by atoms with E-state index in [9.17, 15) is 14.4 Å². The van der Waals surface area contributed by atoms with Crippen LogP contribution in [0, 0.1) is 23.2 Å². The molecule has 45 heavy (non-hydrogen) atoms. The normalized spacial score (nSPS) is 23.5. The first kappa shape index (κ1) is 34.5. The van der Waals surface area contributed by atoms with Crippen LogP contribution in [0.3, 0.4) is 0 Å². The van der Waals surface area contributed by atoms with Gasteiger partial charge in [-0.1, -0.05) is 72.9 Å². The van der Waals surface area contributed by atoms with Crippen molar-refractivity contribution in [3.05, 3.63) is 23.4 Å². The first-order valence-electron chi connectivity index (χ1n) is 15.9. The van der Waals surface area contributed by atoms with E-state index in [2.05, 4.69) is 22.2 Å². The molecule has 0 unspecified atom stereocenters. The molecule has 1 N–H and O–H groups in total. The highest BCUT2D eigenvalue weighted by Gasteiger charge is 2.51. The Labute approximate surface area is 270 Å². The van der Waals surface area contributed by atoms with Crippen molar-refractivity contribution in [1.82, 2.24) is 20.2 Å². The zero-order chi connectivity index (χ0) is 33.1. The summed E-state index contributed by atoms with van der Waals surface area (Å²) < 4.78 is 22.9. The maximum absolute atomic E-state index is 14.3. The van der Waals surface area contributed by atoms with Gasteiger partial charge in [0.25, 0.3) is 5.88 Å². The van der Waals surface area contributed by atoms with E-state index in [0.29, 0.717) is 22.7 Å². The molecule has 1 aromatic carbocycles. The molecule has 0 radical (unpaired) electrons. The van der Waals surface area contributed by atoms with Crippen molar-refractivity contribution in [3.63, 3.8) is 0 Å². The van der Waals surface area contributed by atoms with E-state index in [1.54, 1.807) is 25.3 Å². The molecule has 2 aromatic rings. The standard InChI is InChI=1S/C33H47ClN4O7/c1-9-10-11-20-14-24(20)45-32(41)37-27(33(5,6)7)30(39)38-16-25(19(4)26(38)31(40)43-17-18(2)3)44-29-28(34)35-22-13-12-21(42-8)15-23(22)36-29/h12-13,15,18-20,24-27H,9-11,14,16-17H2,1-8H3,(H,37,41)/t19-,20-,24-,25+,26+,27-/m1/s1. The third kappa shape index (κ3) is 8.48. The van der Waals surface area contributed by atoms with Gasteiger partial charge in [-0.15, -0.1) is 0 Å². The molecule has 2 fully saturated rings. The zero-order valence-corrected chi connectivity index (χ0v) is 28.3. The number of esters is 1. The van der Waals surface area contributed by atoms with Crippen molar-refractivity contribution in [3.8, 4) is 11.6 Å². The molecule has 2 amide bonds. The van der Waals surface area contributed by atoms with Crippen molar-refractivity contribution in [2.75, 3.05) is 20.3 Å². The Kier molecular flexibility index (Phi) is 11.0. The lowest BCUT2D eigenvalue weighted by Gasteiger charge is -2.35. The number of ether oxygens (including phenoxy) is 4. The molecular formula is C33H47ClN4O7. The first-order chi connectivity index (χ1) is 21.2. The molecule has 248 valence electrons. The maximum Gasteiger partial charge on any atom is 0.408 e. The summed E-state index contributed by atoms with van der Waals surface area (Å²) in [5, 5.41) is 2.86. The van der Waals surface area contributed by atoms with Gasteiger partial charge in [0, 0.05) is 12.0 Å². The van der Waals surface area contributed by atoms with Crippen LogP contribution in [0.5, 0.6) is 11.6 Å². The molecule has 2 aliphatic rings. The van der Waals surface area contributed by atoms with E-state index >= 15 is 0 Å². The number of likely N-dealkylation sites (tertiary alicyclic amines) is 1. The Bertz CT molecular complexity index is 1380. The summed E-state index contributed by atoms with van der Waals surface area (Å²) >= 11 is 6.47. The van der Waals surface area contributed by atoms with Crippen LogP contribution in [0.15, 0.2) is 18.2 Å². The number of benzene rings is 1. The average Bonchev–Trinajstić information content (AvgIpc) is 3.63. The van der Waals surface area contributed by atoms with Crippen LogP contribution in [0.1, 0.15) is 74.1 Å². The molecule has 1 saturated carbocycles. The van der Waals surface area contributed by atoms with Gasteiger partial charge < -0.3 is 29.2 Å². The number of carbonyl (C=O) groups excluding carboxylic acids is 3. The molecule has 6 atom stereocenters. The Morgan fingerprint density at radius 3 is 2.51 bits per heavy atom. The van der Waals surface area contributed by atoms with Crippen LogP contribution in [0.25, 0.3) is 11.0 Å². The number of unbranched alkanes of at least 4 members (excludes halogenated alkanes) is 1. The van der Waals surface area contributed by atoms with Gasteiger partial charge >= 0.3 is 12.1 Å². The molecule has 1 aliphatic carbocycles. The quantitative estimate of drug-likeness (QED) is 0.284. The van der Waals surface area contributed by atoms with Crippen molar-refractivity contribution < 1.29 is 33.3 Å². The van der Waals surface area contributed by atoms with Crippen LogP contribution in [-0.4, -0.2) is 77.4 Å². The fourth-order valence-corrected chi connectivity index (χ4v) is 5.77. The van der Waals surface area contributed by atoms with Crippen molar-refractivity contribution in [2.45, 2.75) is 98.4 Å². The smallest absolute Gasteiger partial charge is 0.408 e. The lowest BCUT2D eigenvalue weighted by atomic mass is 9.85. The Hall–Kier alpha value is -3.34. The monoisotopic (exact) mass is 646 g/mol. The summed E-state index contributed by atoms with van der Waals surface area (Å²) in [4.78, 5) is 51.2. The van der Waals surface area contributed by atoms with Crippen LogP contribution >= 0.6 is 11.6 Å². The van der Waals surface area contributed by atoms with Gasteiger partial charge in [-0.2, -0.15) is 0 Å². The summed E-state index contributed by atoms with van der Waals surface area (Å²) in [7, 11) is 1.56. The molecule has 1 aromatic heterocycles. The summed E-state index contributed by atoms with van der Waals surface area (Å²) in [5.74, 6) is -0.317. The first-order valence-corrected chi connectivity index (χ1v) is 16.2. The minimum Gasteiger partial charge on any atom is -0.497 e. The number of nitrogens with one attached hydrogen (secondary N) is 1. The number of halogens is 1. The predicted octanol–water partition coefficient (Wildman–Crippen LogP) is 5.80. The van der Waals surface area contributed by atoms with Crippen LogP contribution < -0.4 is 14.8 Å². The lowest BCUT2D eigenvalue weighted by Crippen LogP contribution is -2.57. The largest absolute Gasteiger partial charge is 0.497 e. The van der Waals surface area contributed by atoms with Gasteiger partial charge in [0.2, 0.25) is 5.91 Å². The van der Waals surface area contributed by atoms with Gasteiger partial charge in [0.15, 0.2) is 5.15 Å². The highest BCUT2D eigenvalue weighted by molar-refractivity contribution is 6.31. The number of hydrogen-bond donors (Lipinski definition) is 1. The number of alkyl carbamates (subject to hydrolysis) is 1. The molecule has 1 aliphatic heterocycles. The van der Waals surface area contributed by atoms with Crippen LogP contribution in [-0.2, 0) is 19.1 Å². The Morgan fingerprint density at radius 2 is 1.87 bits per heavy atom. The van der Waals surface area contributed by atoms with Crippen molar-refractivity contribution in [2.24, 2.45) is 23.2 Å². The summed E-state index contributed by atoms with van der Waals surface area (Å²) in [5.41, 5.74) is 0.388. The SMILES string of the molecule is CCCC[C@@H]1C[C@H]1OC(=O)N[C@H](C(=O)N1C[C@H](Oc2nc3cc(OC)ccc3nc2Cl)[C@@H](C)[C@H]1C(=O)OCC(C)C)C(C)(C)C. The fourth-order valence-electron chi connectivity index (χ4n) is 5.59. The minimum atomic E-state index is -0.972. The predicted molar refractivity (Wildman–Crippen MR) is 170 cm³/mol. The molecular weight excluding hydrogens is 600 g/mol. The third-order valence-electron chi connectivity index (χ3n) is 8.36. The molecule has 4 rings (SSSR count). The highest BCUT2D eigenvalue weighted by Crippen LogP contribution is 2.38. The van der Waals surface area contributed by atoms with E-state index < -0.39 is 47.5 Å². The lowest BCUT2D eigenvalue weighted by molar-refractivity contribution is -0.156. The maximum atomic E-state index is 14.3. The number of hydrogen-bond acceptors (Lipinski definition) is 9. The number of aromatic nitrogens is 2. The van der Waals surface area contributed by atoms with E-state index in [-0.39, 0.29) is 36.2 Å². The zero-order valence-electron chi connectivity index (χ0n) is 27.6. The van der Waals surface area contributed by atoms with E-state index in [0.717, 1.165) is 25.7 Å².